The topological polar surface area (TPSA) is 92.5 Å². The number of nitrogens with zero attached hydrogens (tertiary/aromatic N) is 1. The second kappa shape index (κ2) is 6.81. The lowest BCUT2D eigenvalue weighted by Crippen LogP contribution is -2.46. The molecule has 1 aromatic rings. The van der Waals surface area contributed by atoms with Crippen LogP contribution in [-0.4, -0.2) is 43.3 Å². The van der Waals surface area contributed by atoms with Crippen LogP contribution in [0.3, 0.4) is 0 Å². The van der Waals surface area contributed by atoms with Crippen molar-refractivity contribution in [1.82, 2.24) is 10.2 Å². The third-order valence-corrected chi connectivity index (χ3v) is 4.44. The first-order valence-electron chi connectivity index (χ1n) is 7.75. The summed E-state index contributed by atoms with van der Waals surface area (Å²) < 4.78 is 0. The molecular weight excluding hydrogens is 294 g/mol. The van der Waals surface area contributed by atoms with Crippen molar-refractivity contribution in [3.63, 3.8) is 0 Å². The van der Waals surface area contributed by atoms with Gasteiger partial charge in [0.15, 0.2) is 0 Å². The molecule has 0 heterocycles. The minimum absolute atomic E-state index is 0.0689. The van der Waals surface area contributed by atoms with Gasteiger partial charge in [-0.2, -0.15) is 0 Å². The van der Waals surface area contributed by atoms with E-state index in [0.29, 0.717) is 17.7 Å². The lowest BCUT2D eigenvalue weighted by Gasteiger charge is -2.30. The van der Waals surface area contributed by atoms with E-state index in [-0.39, 0.29) is 11.8 Å². The largest absolute Gasteiger partial charge is 0.366 e. The maximum absolute atomic E-state index is 12.5. The fourth-order valence-electron chi connectivity index (χ4n) is 3.13. The smallest absolute Gasteiger partial charge is 0.251 e. The molecule has 1 aliphatic carbocycles. The molecule has 0 bridgehead atoms. The van der Waals surface area contributed by atoms with Gasteiger partial charge in [-0.05, 0) is 37.1 Å². The minimum Gasteiger partial charge on any atom is -0.366 e. The van der Waals surface area contributed by atoms with Gasteiger partial charge in [0, 0.05) is 31.8 Å². The average Bonchev–Trinajstić information content (AvgIpc) is 3.02. The lowest BCUT2D eigenvalue weighted by molar-refractivity contribution is -0.138. The normalized spacial score (nSPS) is 15.9. The molecule has 0 atom stereocenters. The maximum atomic E-state index is 12.5. The zero-order valence-electron chi connectivity index (χ0n) is 13.6. The van der Waals surface area contributed by atoms with Crippen molar-refractivity contribution in [2.75, 3.05) is 20.6 Å². The summed E-state index contributed by atoms with van der Waals surface area (Å²) in [6, 6.07) is 6.16. The zero-order valence-corrected chi connectivity index (χ0v) is 13.6. The number of hydrogen-bond donors (Lipinski definition) is 2. The van der Waals surface area contributed by atoms with E-state index in [1.165, 1.54) is 12.1 Å². The standard InChI is InChI=1S/C17H23N3O3/c1-20(2)16(23)17(9-3-4-10-17)11-19-15(22)13-7-5-12(6-8-13)14(18)21/h5-8H,3-4,9-11H2,1-2H3,(H2,18,21)(H,19,22). The number of carbonyl (C=O) groups excluding carboxylic acids is 3. The summed E-state index contributed by atoms with van der Waals surface area (Å²) >= 11 is 0. The lowest BCUT2D eigenvalue weighted by atomic mass is 9.84. The van der Waals surface area contributed by atoms with Crippen LogP contribution in [0.25, 0.3) is 0 Å². The predicted octanol–water partition coefficient (Wildman–Crippen LogP) is 1.16. The molecule has 0 aromatic heterocycles. The SMILES string of the molecule is CN(C)C(=O)C1(CNC(=O)c2ccc(C(N)=O)cc2)CCCC1. The van der Waals surface area contributed by atoms with Gasteiger partial charge >= 0.3 is 0 Å². The van der Waals surface area contributed by atoms with E-state index in [9.17, 15) is 14.4 Å². The Bertz CT molecular complexity index is 602. The predicted molar refractivity (Wildman–Crippen MR) is 86.9 cm³/mol. The number of primary amides is 1. The minimum atomic E-state index is -0.529. The van der Waals surface area contributed by atoms with E-state index in [0.717, 1.165) is 25.7 Å². The molecule has 0 aliphatic heterocycles. The zero-order chi connectivity index (χ0) is 17.0. The Kier molecular flexibility index (Phi) is 5.03. The van der Waals surface area contributed by atoms with Gasteiger partial charge in [-0.1, -0.05) is 12.8 Å². The van der Waals surface area contributed by atoms with Crippen molar-refractivity contribution >= 4 is 17.7 Å². The van der Waals surface area contributed by atoms with Crippen LogP contribution in [0.2, 0.25) is 0 Å². The molecule has 1 aromatic carbocycles. The third-order valence-electron chi connectivity index (χ3n) is 4.44. The molecule has 1 fully saturated rings. The van der Waals surface area contributed by atoms with Crippen LogP contribution < -0.4 is 11.1 Å². The quantitative estimate of drug-likeness (QED) is 0.853. The molecular formula is C17H23N3O3. The number of benzene rings is 1. The molecule has 0 radical (unpaired) electrons. The number of nitrogens with two attached hydrogens (primary N) is 1. The Morgan fingerprint density at radius 3 is 2.09 bits per heavy atom. The monoisotopic (exact) mass is 317 g/mol. The summed E-state index contributed by atoms with van der Waals surface area (Å²) in [5, 5.41) is 2.86. The molecule has 3 amide bonds. The molecule has 6 heteroatoms. The molecule has 1 saturated carbocycles. The van der Waals surface area contributed by atoms with Crippen LogP contribution in [-0.2, 0) is 4.79 Å². The van der Waals surface area contributed by atoms with Gasteiger partial charge in [-0.25, -0.2) is 0 Å². The van der Waals surface area contributed by atoms with E-state index < -0.39 is 11.3 Å². The van der Waals surface area contributed by atoms with E-state index in [4.69, 9.17) is 5.73 Å². The summed E-state index contributed by atoms with van der Waals surface area (Å²) in [6.45, 7) is 0.334. The van der Waals surface area contributed by atoms with Crippen molar-refractivity contribution in [1.29, 1.82) is 0 Å². The van der Waals surface area contributed by atoms with Crippen LogP contribution >= 0.6 is 0 Å². The molecule has 0 spiro atoms. The van der Waals surface area contributed by atoms with Gasteiger partial charge in [0.1, 0.15) is 0 Å². The van der Waals surface area contributed by atoms with E-state index in [1.807, 2.05) is 0 Å². The van der Waals surface area contributed by atoms with E-state index in [1.54, 1.807) is 31.1 Å². The highest BCUT2D eigenvalue weighted by molar-refractivity contribution is 5.97. The maximum Gasteiger partial charge on any atom is 0.251 e. The molecule has 6 nitrogen and oxygen atoms in total. The Hall–Kier alpha value is -2.37. The molecule has 23 heavy (non-hydrogen) atoms. The van der Waals surface area contributed by atoms with Gasteiger partial charge in [-0.3, -0.25) is 14.4 Å². The third kappa shape index (κ3) is 3.70. The fraction of sp³-hybridized carbons (Fsp3) is 0.471. The van der Waals surface area contributed by atoms with Gasteiger partial charge in [0.05, 0.1) is 5.41 Å². The number of amides is 3. The Morgan fingerprint density at radius 2 is 1.61 bits per heavy atom. The highest BCUT2D eigenvalue weighted by atomic mass is 16.2. The Labute approximate surface area is 136 Å². The molecule has 124 valence electrons. The van der Waals surface area contributed by atoms with E-state index >= 15 is 0 Å². The number of hydrogen-bond acceptors (Lipinski definition) is 3. The van der Waals surface area contributed by atoms with Crippen molar-refractivity contribution in [2.45, 2.75) is 25.7 Å². The van der Waals surface area contributed by atoms with Crippen LogP contribution in [0.15, 0.2) is 24.3 Å². The first kappa shape index (κ1) is 17.0. The number of nitrogens with one attached hydrogen (secondary N) is 1. The number of carbonyl (C=O) groups is 3. The molecule has 0 unspecified atom stereocenters. The summed E-state index contributed by atoms with van der Waals surface area (Å²) in [5.74, 6) is -0.711. The van der Waals surface area contributed by atoms with E-state index in [2.05, 4.69) is 5.32 Å². The molecule has 0 saturated heterocycles. The molecule has 3 N–H and O–H groups in total. The first-order valence-corrected chi connectivity index (χ1v) is 7.75. The van der Waals surface area contributed by atoms with Crippen LogP contribution in [0.4, 0.5) is 0 Å². The van der Waals surface area contributed by atoms with Gasteiger partial charge in [-0.15, -0.1) is 0 Å². The highest BCUT2D eigenvalue weighted by Crippen LogP contribution is 2.38. The summed E-state index contributed by atoms with van der Waals surface area (Å²) in [5.41, 5.74) is 5.49. The summed E-state index contributed by atoms with van der Waals surface area (Å²) in [6.07, 6.45) is 3.60. The molecule has 2 rings (SSSR count). The fourth-order valence-corrected chi connectivity index (χ4v) is 3.13. The second-order valence-corrected chi connectivity index (χ2v) is 6.31. The first-order chi connectivity index (χ1) is 10.9. The Morgan fingerprint density at radius 1 is 1.09 bits per heavy atom. The highest BCUT2D eigenvalue weighted by Gasteiger charge is 2.42. The summed E-state index contributed by atoms with van der Waals surface area (Å²) in [7, 11) is 3.49. The van der Waals surface area contributed by atoms with Crippen LogP contribution in [0.5, 0.6) is 0 Å². The van der Waals surface area contributed by atoms with Crippen LogP contribution in [0, 0.1) is 5.41 Å². The van der Waals surface area contributed by atoms with Crippen molar-refractivity contribution < 1.29 is 14.4 Å². The Balaban J connectivity index is 2.04. The van der Waals surface area contributed by atoms with Crippen molar-refractivity contribution in [3.8, 4) is 0 Å². The van der Waals surface area contributed by atoms with Gasteiger partial charge < -0.3 is 16.0 Å². The van der Waals surface area contributed by atoms with Crippen molar-refractivity contribution in [3.05, 3.63) is 35.4 Å². The molecule has 1 aliphatic rings. The average molecular weight is 317 g/mol. The van der Waals surface area contributed by atoms with Crippen molar-refractivity contribution in [2.24, 2.45) is 11.1 Å². The van der Waals surface area contributed by atoms with Gasteiger partial charge in [0.25, 0.3) is 5.91 Å². The van der Waals surface area contributed by atoms with Crippen LogP contribution in [0.1, 0.15) is 46.4 Å². The number of rotatable bonds is 5. The second-order valence-electron chi connectivity index (χ2n) is 6.31. The summed E-state index contributed by atoms with van der Waals surface area (Å²) in [4.78, 5) is 37.4. The van der Waals surface area contributed by atoms with Gasteiger partial charge in [0.2, 0.25) is 11.8 Å².